The van der Waals surface area contributed by atoms with Gasteiger partial charge in [-0.15, -0.1) is 11.8 Å². The highest BCUT2D eigenvalue weighted by Crippen LogP contribution is 2.19. The Morgan fingerprint density at radius 1 is 1.39 bits per heavy atom. The molecule has 0 spiro atoms. The largest absolute Gasteiger partial charge is 0.380 e. The highest BCUT2D eigenvalue weighted by atomic mass is 32.2. The molecule has 1 unspecified atom stereocenters. The summed E-state index contributed by atoms with van der Waals surface area (Å²) in [4.78, 5) is 0.966. The third-order valence-electron chi connectivity index (χ3n) is 2.41. The Morgan fingerprint density at radius 2 is 2.22 bits per heavy atom. The number of likely N-dealkylation sites (N-methyl/N-ethyl adjacent to an activating group) is 1. The molecule has 0 aliphatic carbocycles. The van der Waals surface area contributed by atoms with E-state index in [4.69, 9.17) is 4.74 Å². The number of ether oxygens (including phenoxy) is 1. The van der Waals surface area contributed by atoms with Crippen molar-refractivity contribution in [1.29, 1.82) is 0 Å². The second kappa shape index (κ2) is 9.36. The number of nitrogens with one attached hydrogen (secondary N) is 1. The second-order valence-corrected chi connectivity index (χ2v) is 5.19. The Morgan fingerprint density at radius 3 is 2.89 bits per heavy atom. The van der Waals surface area contributed by atoms with Gasteiger partial charge in [0.1, 0.15) is 5.82 Å². The lowest BCUT2D eigenvalue weighted by atomic mass is 10.3. The van der Waals surface area contributed by atoms with E-state index < -0.39 is 0 Å². The molecule has 1 rings (SSSR count). The van der Waals surface area contributed by atoms with Gasteiger partial charge in [0.2, 0.25) is 0 Å². The summed E-state index contributed by atoms with van der Waals surface area (Å²) in [6, 6.07) is 7.03. The van der Waals surface area contributed by atoms with Crippen LogP contribution in [0.3, 0.4) is 0 Å². The van der Waals surface area contributed by atoms with Crippen molar-refractivity contribution in [3.05, 3.63) is 30.1 Å². The SMILES string of the molecule is CCCOCC(CSc1cccc(F)c1)NCC. The zero-order valence-corrected chi connectivity index (χ0v) is 11.9. The van der Waals surface area contributed by atoms with Crippen molar-refractivity contribution < 1.29 is 9.13 Å². The van der Waals surface area contributed by atoms with Gasteiger partial charge in [-0.05, 0) is 31.2 Å². The molecule has 0 aliphatic rings. The lowest BCUT2D eigenvalue weighted by Gasteiger charge is -2.17. The third-order valence-corrected chi connectivity index (χ3v) is 3.56. The van der Waals surface area contributed by atoms with E-state index in [1.54, 1.807) is 23.9 Å². The molecule has 0 radical (unpaired) electrons. The molecule has 1 N–H and O–H groups in total. The summed E-state index contributed by atoms with van der Waals surface area (Å²) in [5.41, 5.74) is 0. The standard InChI is InChI=1S/C14H22FNOS/c1-3-8-17-10-13(16-4-2)11-18-14-7-5-6-12(15)9-14/h5-7,9,13,16H,3-4,8,10-11H2,1-2H3. The summed E-state index contributed by atoms with van der Waals surface area (Å²) < 4.78 is 18.6. The van der Waals surface area contributed by atoms with Crippen LogP contribution in [-0.2, 0) is 4.74 Å². The van der Waals surface area contributed by atoms with Gasteiger partial charge in [-0.1, -0.05) is 19.9 Å². The van der Waals surface area contributed by atoms with Crippen molar-refractivity contribution in [2.75, 3.05) is 25.5 Å². The molecule has 0 aromatic heterocycles. The Balaban J connectivity index is 2.36. The van der Waals surface area contributed by atoms with Gasteiger partial charge in [-0.3, -0.25) is 0 Å². The van der Waals surface area contributed by atoms with E-state index in [0.717, 1.165) is 30.2 Å². The molecular formula is C14H22FNOS. The van der Waals surface area contributed by atoms with Crippen LogP contribution in [0.1, 0.15) is 20.3 Å². The van der Waals surface area contributed by atoms with E-state index in [1.165, 1.54) is 6.07 Å². The first-order valence-electron chi connectivity index (χ1n) is 6.45. The molecule has 102 valence electrons. The molecule has 18 heavy (non-hydrogen) atoms. The first-order chi connectivity index (χ1) is 8.76. The van der Waals surface area contributed by atoms with Crippen LogP contribution in [0.25, 0.3) is 0 Å². The predicted octanol–water partition coefficient (Wildman–Crippen LogP) is 3.32. The first kappa shape index (κ1) is 15.5. The molecule has 0 saturated carbocycles. The normalized spacial score (nSPS) is 12.6. The minimum absolute atomic E-state index is 0.178. The van der Waals surface area contributed by atoms with Crippen molar-refractivity contribution in [2.24, 2.45) is 0 Å². The maximum Gasteiger partial charge on any atom is 0.124 e. The van der Waals surface area contributed by atoms with Crippen LogP contribution in [0.5, 0.6) is 0 Å². The highest BCUT2D eigenvalue weighted by molar-refractivity contribution is 7.99. The van der Waals surface area contributed by atoms with E-state index >= 15 is 0 Å². The van der Waals surface area contributed by atoms with Crippen molar-refractivity contribution in [2.45, 2.75) is 31.2 Å². The summed E-state index contributed by atoms with van der Waals surface area (Å²) in [6.07, 6.45) is 1.04. The molecule has 1 aromatic carbocycles. The smallest absolute Gasteiger partial charge is 0.124 e. The second-order valence-electron chi connectivity index (χ2n) is 4.10. The van der Waals surface area contributed by atoms with Crippen LogP contribution in [0, 0.1) is 5.82 Å². The van der Waals surface area contributed by atoms with Gasteiger partial charge >= 0.3 is 0 Å². The molecule has 0 aliphatic heterocycles. The van der Waals surface area contributed by atoms with Crippen LogP contribution in [0.4, 0.5) is 4.39 Å². The van der Waals surface area contributed by atoms with Crippen LogP contribution in [-0.4, -0.2) is 31.6 Å². The predicted molar refractivity (Wildman–Crippen MR) is 75.7 cm³/mol. The van der Waals surface area contributed by atoms with Gasteiger partial charge in [0.05, 0.1) is 6.61 Å². The van der Waals surface area contributed by atoms with Gasteiger partial charge in [-0.2, -0.15) is 0 Å². The van der Waals surface area contributed by atoms with E-state index in [1.807, 2.05) is 6.07 Å². The number of thioether (sulfide) groups is 1. The lowest BCUT2D eigenvalue weighted by Crippen LogP contribution is -2.35. The minimum Gasteiger partial charge on any atom is -0.380 e. The Bertz CT molecular complexity index is 335. The van der Waals surface area contributed by atoms with E-state index in [9.17, 15) is 4.39 Å². The topological polar surface area (TPSA) is 21.3 Å². The van der Waals surface area contributed by atoms with E-state index in [2.05, 4.69) is 19.2 Å². The zero-order chi connectivity index (χ0) is 13.2. The summed E-state index contributed by atoms with van der Waals surface area (Å²) >= 11 is 1.66. The Hall–Kier alpha value is -0.580. The quantitative estimate of drug-likeness (QED) is 0.550. The molecular weight excluding hydrogens is 249 g/mol. The monoisotopic (exact) mass is 271 g/mol. The van der Waals surface area contributed by atoms with Crippen LogP contribution >= 0.6 is 11.8 Å². The molecule has 1 aromatic rings. The molecule has 0 amide bonds. The molecule has 0 bridgehead atoms. The number of halogens is 1. The average molecular weight is 271 g/mol. The first-order valence-corrected chi connectivity index (χ1v) is 7.44. The van der Waals surface area contributed by atoms with Crippen LogP contribution in [0.15, 0.2) is 29.2 Å². The van der Waals surface area contributed by atoms with Gasteiger partial charge in [0.15, 0.2) is 0 Å². The maximum atomic E-state index is 13.0. The summed E-state index contributed by atoms with van der Waals surface area (Å²) in [5, 5.41) is 3.39. The van der Waals surface area contributed by atoms with E-state index in [-0.39, 0.29) is 5.82 Å². The average Bonchev–Trinajstić information content (AvgIpc) is 2.36. The van der Waals surface area contributed by atoms with Gasteiger partial charge in [0, 0.05) is 23.3 Å². The lowest BCUT2D eigenvalue weighted by molar-refractivity contribution is 0.117. The fraction of sp³-hybridized carbons (Fsp3) is 0.571. The summed E-state index contributed by atoms with van der Waals surface area (Å²) in [7, 11) is 0. The third kappa shape index (κ3) is 6.38. The Labute approximate surface area is 113 Å². The number of rotatable bonds is 9. The minimum atomic E-state index is -0.178. The van der Waals surface area contributed by atoms with Crippen LogP contribution < -0.4 is 5.32 Å². The maximum absolute atomic E-state index is 13.0. The zero-order valence-electron chi connectivity index (χ0n) is 11.1. The molecule has 4 heteroatoms. The van der Waals surface area contributed by atoms with Gasteiger partial charge < -0.3 is 10.1 Å². The van der Waals surface area contributed by atoms with Gasteiger partial charge in [-0.25, -0.2) is 4.39 Å². The fourth-order valence-electron chi connectivity index (χ4n) is 1.58. The van der Waals surface area contributed by atoms with Crippen molar-refractivity contribution in [3.8, 4) is 0 Å². The van der Waals surface area contributed by atoms with Crippen molar-refractivity contribution >= 4 is 11.8 Å². The molecule has 0 saturated heterocycles. The molecule has 2 nitrogen and oxygen atoms in total. The number of benzene rings is 1. The molecule has 1 atom stereocenters. The van der Waals surface area contributed by atoms with E-state index in [0.29, 0.717) is 12.6 Å². The molecule has 0 fully saturated rings. The van der Waals surface area contributed by atoms with Gasteiger partial charge in [0.25, 0.3) is 0 Å². The van der Waals surface area contributed by atoms with Crippen molar-refractivity contribution in [3.63, 3.8) is 0 Å². The van der Waals surface area contributed by atoms with Crippen LogP contribution in [0.2, 0.25) is 0 Å². The Kier molecular flexibility index (Phi) is 8.05. The summed E-state index contributed by atoms with van der Waals surface area (Å²) in [6.45, 7) is 6.61. The number of hydrogen-bond acceptors (Lipinski definition) is 3. The summed E-state index contributed by atoms with van der Waals surface area (Å²) in [5.74, 6) is 0.711. The fourth-order valence-corrected chi connectivity index (χ4v) is 2.56. The van der Waals surface area contributed by atoms with Crippen molar-refractivity contribution in [1.82, 2.24) is 5.32 Å². The highest BCUT2D eigenvalue weighted by Gasteiger charge is 2.08. The molecule has 0 heterocycles. The number of hydrogen-bond donors (Lipinski definition) is 1.